The van der Waals surface area contributed by atoms with Gasteiger partial charge in [-0.15, -0.1) is 0 Å². The second kappa shape index (κ2) is 9.36. The fourth-order valence-electron chi connectivity index (χ4n) is 3.83. The van der Waals surface area contributed by atoms with Crippen LogP contribution in [0.15, 0.2) is 67.1 Å². The third kappa shape index (κ3) is 5.39. The van der Waals surface area contributed by atoms with Gasteiger partial charge in [0.1, 0.15) is 30.5 Å². The van der Waals surface area contributed by atoms with Crippen molar-refractivity contribution in [2.24, 2.45) is 0 Å². The first kappa shape index (κ1) is 24.0. The average Bonchev–Trinajstić information content (AvgIpc) is 3.20. The van der Waals surface area contributed by atoms with Crippen LogP contribution < -0.4 is 9.47 Å². The molecule has 186 valence electrons. The normalized spacial score (nSPS) is 17.3. The highest BCUT2D eigenvalue weighted by atomic mass is 19.4. The molecule has 0 bridgehead atoms. The largest absolute Gasteiger partial charge is 0.490 e. The number of hydrogen-bond acceptors (Lipinski definition) is 7. The van der Waals surface area contributed by atoms with Crippen molar-refractivity contribution in [2.45, 2.75) is 31.9 Å². The third-order valence-corrected chi connectivity index (χ3v) is 5.52. The lowest BCUT2D eigenvalue weighted by atomic mass is 10.1. The number of aromatic nitrogens is 3. The molecule has 0 radical (unpaired) electrons. The minimum Gasteiger partial charge on any atom is -0.490 e. The van der Waals surface area contributed by atoms with Crippen molar-refractivity contribution in [2.75, 3.05) is 13.2 Å². The lowest BCUT2D eigenvalue weighted by Gasteiger charge is -2.19. The summed E-state index contributed by atoms with van der Waals surface area (Å²) in [6.07, 6.45) is -1.99. The molecule has 7 nitrogen and oxygen atoms in total. The van der Waals surface area contributed by atoms with E-state index in [0.29, 0.717) is 17.0 Å². The van der Waals surface area contributed by atoms with Gasteiger partial charge in [0.25, 0.3) is 0 Å². The Balaban J connectivity index is 1.42. The fourth-order valence-corrected chi connectivity index (χ4v) is 3.83. The van der Waals surface area contributed by atoms with E-state index in [4.69, 9.17) is 18.9 Å². The van der Waals surface area contributed by atoms with Crippen molar-refractivity contribution in [3.63, 3.8) is 0 Å². The molecule has 0 N–H and O–H groups in total. The van der Waals surface area contributed by atoms with Gasteiger partial charge in [0.2, 0.25) is 5.88 Å². The van der Waals surface area contributed by atoms with Crippen LogP contribution in [0.4, 0.5) is 13.2 Å². The predicted octanol–water partition coefficient (Wildman–Crippen LogP) is 6.03. The lowest BCUT2D eigenvalue weighted by Crippen LogP contribution is -2.25. The number of halogens is 3. The molecule has 1 fully saturated rings. The molecule has 1 saturated heterocycles. The molecule has 1 aliphatic rings. The second-order valence-corrected chi connectivity index (χ2v) is 8.67. The van der Waals surface area contributed by atoms with Crippen molar-refractivity contribution < 1.29 is 32.1 Å². The van der Waals surface area contributed by atoms with Gasteiger partial charge in [-0.25, -0.2) is 9.97 Å². The molecule has 0 spiro atoms. The van der Waals surface area contributed by atoms with Crippen molar-refractivity contribution >= 4 is 10.9 Å². The van der Waals surface area contributed by atoms with Crippen LogP contribution in [-0.4, -0.2) is 40.1 Å². The van der Waals surface area contributed by atoms with Crippen molar-refractivity contribution in [1.82, 2.24) is 15.0 Å². The summed E-state index contributed by atoms with van der Waals surface area (Å²) in [6, 6.07) is 14.0. The van der Waals surface area contributed by atoms with Crippen LogP contribution >= 0.6 is 0 Å². The van der Waals surface area contributed by atoms with E-state index in [1.54, 1.807) is 32.2 Å². The van der Waals surface area contributed by atoms with Gasteiger partial charge in [-0.1, -0.05) is 6.07 Å². The fraction of sp³-hybridized carbons (Fsp3) is 0.269. The molecule has 5 rings (SSSR count). The zero-order valence-electron chi connectivity index (χ0n) is 19.5. The van der Waals surface area contributed by atoms with Crippen molar-refractivity contribution in [3.8, 4) is 28.6 Å². The molecule has 3 heterocycles. The zero-order valence-corrected chi connectivity index (χ0v) is 19.5. The number of ether oxygens (including phenoxy) is 4. The minimum absolute atomic E-state index is 0.0102. The highest BCUT2D eigenvalue weighted by molar-refractivity contribution is 5.79. The first-order chi connectivity index (χ1) is 17.2. The van der Waals surface area contributed by atoms with Gasteiger partial charge in [-0.3, -0.25) is 4.98 Å². The van der Waals surface area contributed by atoms with Gasteiger partial charge in [-0.2, -0.15) is 13.2 Å². The molecule has 2 aromatic carbocycles. The minimum atomic E-state index is -4.53. The van der Waals surface area contributed by atoms with E-state index in [2.05, 4.69) is 15.0 Å². The summed E-state index contributed by atoms with van der Waals surface area (Å²) in [7, 11) is 0. The number of alkyl halides is 3. The third-order valence-electron chi connectivity index (χ3n) is 5.52. The highest BCUT2D eigenvalue weighted by Crippen LogP contribution is 2.38. The van der Waals surface area contributed by atoms with Crippen LogP contribution in [0.25, 0.3) is 22.2 Å². The first-order valence-corrected chi connectivity index (χ1v) is 11.2. The summed E-state index contributed by atoms with van der Waals surface area (Å²) in [6.45, 7) is 3.80. The van der Waals surface area contributed by atoms with Gasteiger partial charge in [-0.05, 0) is 50.2 Å². The Morgan fingerprint density at radius 3 is 2.67 bits per heavy atom. The van der Waals surface area contributed by atoms with Crippen molar-refractivity contribution in [1.29, 1.82) is 0 Å². The Morgan fingerprint density at radius 2 is 1.89 bits per heavy atom. The summed E-state index contributed by atoms with van der Waals surface area (Å²) in [5, 5.41) is 0.958. The predicted molar refractivity (Wildman–Crippen MR) is 125 cm³/mol. The molecule has 1 aliphatic heterocycles. The molecule has 0 amide bonds. The maximum atomic E-state index is 13.4. The van der Waals surface area contributed by atoms with E-state index in [1.165, 1.54) is 18.5 Å². The standard InChI is InChI=1S/C26H22F3N3O4/c1-25(2)34-14-19(36-25)13-33-23-10-17(26(27,28)29)6-8-20(23)22-12-24(32-15-31-22)35-18-7-5-16-4-3-9-30-21(16)11-18/h3-12,15,19H,13-14H2,1-2H3/t19-/m1/s1. The van der Waals surface area contributed by atoms with Gasteiger partial charge < -0.3 is 18.9 Å². The van der Waals surface area contributed by atoms with Crippen LogP contribution in [0.2, 0.25) is 0 Å². The molecule has 4 aromatic rings. The van der Waals surface area contributed by atoms with Crippen LogP contribution in [-0.2, 0) is 15.7 Å². The van der Waals surface area contributed by atoms with Crippen molar-refractivity contribution in [3.05, 3.63) is 72.7 Å². The van der Waals surface area contributed by atoms with Gasteiger partial charge in [0.05, 0.1) is 23.4 Å². The smallest absolute Gasteiger partial charge is 0.416 e. The summed E-state index contributed by atoms with van der Waals surface area (Å²) in [5.41, 5.74) is 0.614. The molecule has 2 aromatic heterocycles. The van der Waals surface area contributed by atoms with Gasteiger partial charge >= 0.3 is 6.18 Å². The van der Waals surface area contributed by atoms with E-state index in [1.807, 2.05) is 18.2 Å². The summed E-state index contributed by atoms with van der Waals surface area (Å²) in [5.74, 6) is -0.0363. The SMILES string of the molecule is CC1(C)OC[C@@H](COc2cc(C(F)(F)F)ccc2-c2cc(Oc3ccc4cccnc4c3)ncn2)O1. The number of benzene rings is 2. The van der Waals surface area contributed by atoms with E-state index in [9.17, 15) is 13.2 Å². The maximum absolute atomic E-state index is 13.4. The van der Waals surface area contributed by atoms with E-state index in [-0.39, 0.29) is 24.8 Å². The van der Waals surface area contributed by atoms with E-state index in [0.717, 1.165) is 23.0 Å². The van der Waals surface area contributed by atoms with Crippen LogP contribution in [0.3, 0.4) is 0 Å². The number of pyridine rings is 1. The molecule has 1 atom stereocenters. The van der Waals surface area contributed by atoms with E-state index < -0.39 is 23.6 Å². The van der Waals surface area contributed by atoms with Crippen LogP contribution in [0.5, 0.6) is 17.4 Å². The molecular weight excluding hydrogens is 475 g/mol. The Kier molecular flexibility index (Phi) is 6.23. The van der Waals surface area contributed by atoms with Crippen LogP contribution in [0, 0.1) is 0 Å². The Hall–Kier alpha value is -3.76. The topological polar surface area (TPSA) is 75.6 Å². The lowest BCUT2D eigenvalue weighted by molar-refractivity contribution is -0.141. The Labute approximate surface area is 204 Å². The molecule has 10 heteroatoms. The highest BCUT2D eigenvalue weighted by Gasteiger charge is 2.34. The molecular formula is C26H22F3N3O4. The number of rotatable bonds is 6. The second-order valence-electron chi connectivity index (χ2n) is 8.67. The summed E-state index contributed by atoms with van der Waals surface area (Å²) >= 11 is 0. The average molecular weight is 497 g/mol. The molecule has 0 saturated carbocycles. The van der Waals surface area contributed by atoms with Crippen LogP contribution in [0.1, 0.15) is 19.4 Å². The number of fused-ring (bicyclic) bond motifs is 1. The zero-order chi connectivity index (χ0) is 25.3. The summed E-state index contributed by atoms with van der Waals surface area (Å²) in [4.78, 5) is 12.7. The summed E-state index contributed by atoms with van der Waals surface area (Å²) < 4.78 is 63.1. The Morgan fingerprint density at radius 1 is 1.03 bits per heavy atom. The number of nitrogens with zero attached hydrogens (tertiary/aromatic N) is 3. The van der Waals surface area contributed by atoms with Gasteiger partial charge in [0.15, 0.2) is 5.79 Å². The first-order valence-electron chi connectivity index (χ1n) is 11.2. The number of hydrogen-bond donors (Lipinski definition) is 0. The van der Waals surface area contributed by atoms with Gasteiger partial charge in [0, 0.05) is 29.3 Å². The Bertz CT molecular complexity index is 1390. The maximum Gasteiger partial charge on any atom is 0.416 e. The van der Waals surface area contributed by atoms with E-state index >= 15 is 0 Å². The molecule has 0 unspecified atom stereocenters. The monoisotopic (exact) mass is 497 g/mol. The quantitative estimate of drug-likeness (QED) is 0.322. The molecule has 36 heavy (non-hydrogen) atoms. The molecule has 0 aliphatic carbocycles.